The third-order valence-corrected chi connectivity index (χ3v) is 3.62. The van der Waals surface area contributed by atoms with Crippen molar-refractivity contribution in [2.45, 2.75) is 13.3 Å². The second-order valence-electron chi connectivity index (χ2n) is 4.83. The summed E-state index contributed by atoms with van der Waals surface area (Å²) in [4.78, 5) is 15.5. The quantitative estimate of drug-likeness (QED) is 0.717. The smallest absolute Gasteiger partial charge is 0.198 e. The fraction of sp³-hybridized carbons (Fsp3) is 0.118. The van der Waals surface area contributed by atoms with Crippen molar-refractivity contribution >= 4 is 16.7 Å². The van der Waals surface area contributed by atoms with E-state index in [2.05, 4.69) is 4.98 Å². The molecule has 1 heterocycles. The number of hydrogen-bond donors (Lipinski definition) is 1. The van der Waals surface area contributed by atoms with Crippen molar-refractivity contribution in [2.75, 3.05) is 0 Å². The first-order chi connectivity index (χ1) is 10.1. The number of nitrogens with one attached hydrogen (secondary N) is 1. The summed E-state index contributed by atoms with van der Waals surface area (Å²) < 4.78 is 27.1. The molecular weight excluding hydrogens is 272 g/mol. The average molecular weight is 285 g/mol. The molecule has 2 nitrogen and oxygen atoms in total. The number of benzene rings is 2. The van der Waals surface area contributed by atoms with E-state index >= 15 is 0 Å². The zero-order chi connectivity index (χ0) is 15.0. The Morgan fingerprint density at radius 2 is 1.86 bits per heavy atom. The second kappa shape index (κ2) is 5.13. The molecule has 0 saturated heterocycles. The molecule has 0 amide bonds. The molecule has 0 bridgehead atoms. The SMILES string of the molecule is CCc1cccc2c(C(=O)c3cccc(F)c3F)c[nH]c12. The molecule has 0 radical (unpaired) electrons. The molecule has 0 aliphatic carbocycles. The fourth-order valence-electron chi connectivity index (χ4n) is 2.52. The van der Waals surface area contributed by atoms with Gasteiger partial charge in [0, 0.05) is 22.7 Å². The van der Waals surface area contributed by atoms with E-state index < -0.39 is 17.4 Å². The Hall–Kier alpha value is -2.49. The van der Waals surface area contributed by atoms with Crippen molar-refractivity contribution < 1.29 is 13.6 Å². The van der Waals surface area contributed by atoms with E-state index in [0.29, 0.717) is 5.56 Å². The van der Waals surface area contributed by atoms with Crippen LogP contribution in [0.25, 0.3) is 10.9 Å². The molecule has 0 unspecified atom stereocenters. The molecule has 0 aliphatic rings. The number of carbonyl (C=O) groups is 1. The number of aryl methyl sites for hydroxylation is 1. The topological polar surface area (TPSA) is 32.9 Å². The van der Waals surface area contributed by atoms with E-state index in [1.807, 2.05) is 19.1 Å². The van der Waals surface area contributed by atoms with Crippen LogP contribution in [0.2, 0.25) is 0 Å². The molecular formula is C17H13F2NO. The maximum Gasteiger partial charge on any atom is 0.198 e. The van der Waals surface area contributed by atoms with Gasteiger partial charge in [-0.3, -0.25) is 4.79 Å². The van der Waals surface area contributed by atoms with E-state index in [1.54, 1.807) is 12.3 Å². The average Bonchev–Trinajstić information content (AvgIpc) is 2.93. The summed E-state index contributed by atoms with van der Waals surface area (Å²) in [5.74, 6) is -2.65. The van der Waals surface area contributed by atoms with E-state index in [0.717, 1.165) is 29.0 Å². The number of aromatic nitrogens is 1. The molecule has 4 heteroatoms. The van der Waals surface area contributed by atoms with Crippen molar-refractivity contribution in [1.82, 2.24) is 4.98 Å². The molecule has 3 rings (SSSR count). The van der Waals surface area contributed by atoms with Gasteiger partial charge in [-0.25, -0.2) is 8.78 Å². The zero-order valence-corrected chi connectivity index (χ0v) is 11.4. The number of H-pyrrole nitrogens is 1. The van der Waals surface area contributed by atoms with Crippen molar-refractivity contribution in [3.63, 3.8) is 0 Å². The summed E-state index contributed by atoms with van der Waals surface area (Å²) in [5.41, 5.74) is 2.04. The van der Waals surface area contributed by atoms with Gasteiger partial charge in [-0.15, -0.1) is 0 Å². The number of para-hydroxylation sites is 1. The summed E-state index contributed by atoms with van der Waals surface area (Å²) >= 11 is 0. The maximum absolute atomic E-state index is 13.8. The normalized spacial score (nSPS) is 11.0. The van der Waals surface area contributed by atoms with Crippen LogP contribution in [0.4, 0.5) is 8.78 Å². The largest absolute Gasteiger partial charge is 0.360 e. The van der Waals surface area contributed by atoms with Crippen LogP contribution in [0.15, 0.2) is 42.6 Å². The lowest BCUT2D eigenvalue weighted by molar-refractivity contribution is 0.103. The van der Waals surface area contributed by atoms with Gasteiger partial charge in [-0.2, -0.15) is 0 Å². The summed E-state index contributed by atoms with van der Waals surface area (Å²) in [6.45, 7) is 2.02. The minimum atomic E-state index is -1.11. The van der Waals surface area contributed by atoms with Crippen LogP contribution in [0.5, 0.6) is 0 Å². The second-order valence-corrected chi connectivity index (χ2v) is 4.83. The minimum Gasteiger partial charge on any atom is -0.360 e. The van der Waals surface area contributed by atoms with Gasteiger partial charge in [0.1, 0.15) is 0 Å². The van der Waals surface area contributed by atoms with E-state index in [4.69, 9.17) is 0 Å². The van der Waals surface area contributed by atoms with Gasteiger partial charge in [-0.05, 0) is 24.1 Å². The van der Waals surface area contributed by atoms with E-state index in [1.165, 1.54) is 12.1 Å². The Morgan fingerprint density at radius 1 is 1.10 bits per heavy atom. The monoisotopic (exact) mass is 285 g/mol. The standard InChI is InChI=1S/C17H13F2NO/c1-2-10-5-3-6-11-13(9-20-16(10)11)17(21)12-7-4-8-14(18)15(12)19/h3-9,20H,2H2,1H3. The predicted molar refractivity (Wildman–Crippen MR) is 77.5 cm³/mol. The molecule has 1 aromatic heterocycles. The molecule has 106 valence electrons. The van der Waals surface area contributed by atoms with Crippen LogP contribution in [-0.4, -0.2) is 10.8 Å². The molecule has 0 atom stereocenters. The van der Waals surface area contributed by atoms with Crippen LogP contribution in [-0.2, 0) is 6.42 Å². The lowest BCUT2D eigenvalue weighted by Crippen LogP contribution is -2.05. The Kier molecular flexibility index (Phi) is 3.29. The van der Waals surface area contributed by atoms with Crippen LogP contribution >= 0.6 is 0 Å². The van der Waals surface area contributed by atoms with Gasteiger partial charge in [0.05, 0.1) is 5.56 Å². The van der Waals surface area contributed by atoms with Crippen LogP contribution < -0.4 is 0 Å². The zero-order valence-electron chi connectivity index (χ0n) is 11.4. The number of rotatable bonds is 3. The predicted octanol–water partition coefficient (Wildman–Crippen LogP) is 4.24. The number of ketones is 1. The molecule has 1 N–H and O–H groups in total. The number of fused-ring (bicyclic) bond motifs is 1. The van der Waals surface area contributed by atoms with E-state index in [9.17, 15) is 13.6 Å². The van der Waals surface area contributed by atoms with Crippen molar-refractivity contribution in [2.24, 2.45) is 0 Å². The molecule has 0 fully saturated rings. The minimum absolute atomic E-state index is 0.252. The van der Waals surface area contributed by atoms with Gasteiger partial charge in [-0.1, -0.05) is 31.2 Å². The number of halogens is 2. The Morgan fingerprint density at radius 3 is 2.62 bits per heavy atom. The first kappa shape index (κ1) is 13.5. The van der Waals surface area contributed by atoms with Gasteiger partial charge in [0.2, 0.25) is 0 Å². The first-order valence-electron chi connectivity index (χ1n) is 6.71. The Labute approximate surface area is 120 Å². The summed E-state index contributed by atoms with van der Waals surface area (Å²) in [6, 6.07) is 9.25. The van der Waals surface area contributed by atoms with Gasteiger partial charge < -0.3 is 4.98 Å². The van der Waals surface area contributed by atoms with Gasteiger partial charge >= 0.3 is 0 Å². The highest BCUT2D eigenvalue weighted by Crippen LogP contribution is 2.25. The van der Waals surface area contributed by atoms with Crippen molar-refractivity contribution in [3.05, 3.63) is 70.9 Å². The third kappa shape index (κ3) is 2.13. The maximum atomic E-state index is 13.8. The highest BCUT2D eigenvalue weighted by Gasteiger charge is 2.20. The molecule has 3 aromatic rings. The van der Waals surface area contributed by atoms with Crippen LogP contribution in [0.3, 0.4) is 0 Å². The first-order valence-corrected chi connectivity index (χ1v) is 6.71. The number of hydrogen-bond acceptors (Lipinski definition) is 1. The molecule has 21 heavy (non-hydrogen) atoms. The number of carbonyl (C=O) groups excluding carboxylic acids is 1. The molecule has 2 aromatic carbocycles. The lowest BCUT2D eigenvalue weighted by Gasteiger charge is -2.03. The molecule has 0 spiro atoms. The Bertz CT molecular complexity index is 836. The van der Waals surface area contributed by atoms with Crippen molar-refractivity contribution in [1.29, 1.82) is 0 Å². The Balaban J connectivity index is 2.17. The fourth-order valence-corrected chi connectivity index (χ4v) is 2.52. The molecule has 0 saturated carbocycles. The third-order valence-electron chi connectivity index (χ3n) is 3.62. The summed E-state index contributed by atoms with van der Waals surface area (Å²) in [5, 5.41) is 0.725. The van der Waals surface area contributed by atoms with Crippen molar-refractivity contribution in [3.8, 4) is 0 Å². The van der Waals surface area contributed by atoms with Crippen LogP contribution in [0.1, 0.15) is 28.4 Å². The summed E-state index contributed by atoms with van der Waals surface area (Å²) in [7, 11) is 0. The number of aromatic amines is 1. The highest BCUT2D eigenvalue weighted by atomic mass is 19.2. The lowest BCUT2D eigenvalue weighted by atomic mass is 10.0. The summed E-state index contributed by atoms with van der Waals surface area (Å²) in [6.07, 6.45) is 2.37. The van der Waals surface area contributed by atoms with Crippen LogP contribution in [0, 0.1) is 11.6 Å². The molecule has 0 aliphatic heterocycles. The van der Waals surface area contributed by atoms with Gasteiger partial charge in [0.15, 0.2) is 17.4 Å². The highest BCUT2D eigenvalue weighted by molar-refractivity contribution is 6.16. The van der Waals surface area contributed by atoms with E-state index in [-0.39, 0.29) is 5.56 Å². The van der Waals surface area contributed by atoms with Gasteiger partial charge in [0.25, 0.3) is 0 Å².